The Morgan fingerprint density at radius 2 is 1.88 bits per heavy atom. The highest BCUT2D eigenvalue weighted by molar-refractivity contribution is 7.80. The number of Topliss-reactive ketones (excluding diaryl/α,β-unsaturated/α-hetero) is 1. The molecule has 0 radical (unpaired) electrons. The second-order valence-corrected chi connectivity index (χ2v) is 8.47. The average Bonchev–Trinajstić information content (AvgIpc) is 3.02. The number of ether oxygens (including phenoxy) is 1. The highest BCUT2D eigenvalue weighted by Crippen LogP contribution is 2.32. The Labute approximate surface area is 201 Å². The van der Waals surface area contributed by atoms with Gasteiger partial charge in [-0.3, -0.25) is 14.7 Å². The van der Waals surface area contributed by atoms with Crippen LogP contribution in [0.2, 0.25) is 0 Å². The summed E-state index contributed by atoms with van der Waals surface area (Å²) >= 11 is 5.48. The summed E-state index contributed by atoms with van der Waals surface area (Å²) in [4.78, 5) is 36.3. The molecular formula is C23H24F2N4O4S. The fourth-order valence-electron chi connectivity index (χ4n) is 3.93. The summed E-state index contributed by atoms with van der Waals surface area (Å²) in [5.41, 5.74) is 0.643. The van der Waals surface area contributed by atoms with Crippen LogP contribution in [0.25, 0.3) is 0 Å². The number of hydrogen-bond acceptors (Lipinski definition) is 7. The number of carbonyl (C=O) groups excluding carboxylic acids is 2. The smallest absolute Gasteiger partial charge is 0.414 e. The van der Waals surface area contributed by atoms with Gasteiger partial charge in [-0.15, -0.1) is 0 Å². The first-order valence-corrected chi connectivity index (χ1v) is 11.3. The third kappa shape index (κ3) is 5.31. The van der Waals surface area contributed by atoms with E-state index in [4.69, 9.17) is 21.8 Å². The third-order valence-corrected chi connectivity index (χ3v) is 6.10. The van der Waals surface area contributed by atoms with Gasteiger partial charge in [-0.25, -0.2) is 18.6 Å². The van der Waals surface area contributed by atoms with Crippen molar-refractivity contribution in [2.75, 3.05) is 42.6 Å². The maximum atomic E-state index is 15.1. The molecule has 8 nitrogen and oxygen atoms in total. The van der Waals surface area contributed by atoms with Gasteiger partial charge >= 0.3 is 6.09 Å². The Morgan fingerprint density at radius 1 is 1.18 bits per heavy atom. The number of hydrogen-bond donors (Lipinski definition) is 0. The molecule has 11 heteroatoms. The number of pyridine rings is 1. The first kappa shape index (κ1) is 24.0. The molecule has 1 aromatic carbocycles. The highest BCUT2D eigenvalue weighted by Gasteiger charge is 2.34. The lowest BCUT2D eigenvalue weighted by molar-refractivity contribution is -0.117. The zero-order valence-electron chi connectivity index (χ0n) is 18.6. The molecule has 0 saturated carbocycles. The van der Waals surface area contributed by atoms with Crippen LogP contribution in [0.15, 0.2) is 36.7 Å². The molecule has 0 N–H and O–H groups in total. The van der Waals surface area contributed by atoms with Crippen molar-refractivity contribution in [1.82, 2.24) is 10.0 Å². The van der Waals surface area contributed by atoms with Gasteiger partial charge in [-0.2, -0.15) is 0 Å². The number of benzene rings is 1. The maximum absolute atomic E-state index is 15.1. The lowest BCUT2D eigenvalue weighted by atomic mass is 10.1. The number of anilines is 2. The number of thiocarbonyl (C=S) groups is 1. The highest BCUT2D eigenvalue weighted by atomic mass is 32.1. The molecule has 2 aliphatic rings. The van der Waals surface area contributed by atoms with E-state index in [2.05, 4.69) is 4.98 Å². The third-order valence-electron chi connectivity index (χ3n) is 5.66. The van der Waals surface area contributed by atoms with Crippen LogP contribution in [0.1, 0.15) is 25.3 Å². The molecule has 180 valence electrons. The summed E-state index contributed by atoms with van der Waals surface area (Å²) in [5.74, 6) is -1.60. The predicted molar refractivity (Wildman–Crippen MR) is 125 cm³/mol. The van der Waals surface area contributed by atoms with Crippen molar-refractivity contribution >= 4 is 40.5 Å². The van der Waals surface area contributed by atoms with Gasteiger partial charge in [0.05, 0.1) is 25.4 Å². The standard InChI is InChI=1S/C23H24F2N4O4S/c1-15(30)2-3-18-14-28(23(31)33-18)17-12-19(24)21(20(25)13-17)27-8-9-29(32-11-10-27)22(34)16-4-6-26-7-5-16/h4-7,12-13,18H,2-3,8-11,14H2,1H3/t18-/m0/s1. The van der Waals surface area contributed by atoms with Gasteiger partial charge in [-0.05, 0) is 25.5 Å². The number of amides is 1. The van der Waals surface area contributed by atoms with Crippen molar-refractivity contribution in [2.45, 2.75) is 25.9 Å². The van der Waals surface area contributed by atoms with Crippen LogP contribution in [-0.2, 0) is 14.4 Å². The summed E-state index contributed by atoms with van der Waals surface area (Å²) < 4.78 is 35.4. The fourth-order valence-corrected chi connectivity index (χ4v) is 4.21. The molecular weight excluding hydrogens is 466 g/mol. The second kappa shape index (κ2) is 10.4. The van der Waals surface area contributed by atoms with E-state index < -0.39 is 23.8 Å². The first-order chi connectivity index (χ1) is 16.3. The molecule has 0 bridgehead atoms. The van der Waals surface area contributed by atoms with E-state index in [0.29, 0.717) is 18.0 Å². The van der Waals surface area contributed by atoms with Gasteiger partial charge in [0.2, 0.25) is 0 Å². The molecule has 1 aromatic heterocycles. The number of hydroxylamine groups is 2. The molecule has 1 amide bonds. The van der Waals surface area contributed by atoms with Crippen molar-refractivity contribution in [3.05, 3.63) is 53.9 Å². The van der Waals surface area contributed by atoms with Gasteiger partial charge in [0.1, 0.15) is 22.6 Å². The number of ketones is 1. The van der Waals surface area contributed by atoms with Crippen LogP contribution in [0.4, 0.5) is 25.0 Å². The van der Waals surface area contributed by atoms with E-state index in [9.17, 15) is 9.59 Å². The lowest BCUT2D eigenvalue weighted by Gasteiger charge is -2.25. The number of halogens is 2. The molecule has 4 rings (SSSR count). The van der Waals surface area contributed by atoms with E-state index >= 15 is 8.78 Å². The Bertz CT molecular complexity index is 1060. The van der Waals surface area contributed by atoms with Gasteiger partial charge in [0.15, 0.2) is 11.6 Å². The quantitative estimate of drug-likeness (QED) is 0.570. The van der Waals surface area contributed by atoms with Gasteiger partial charge in [0.25, 0.3) is 0 Å². The molecule has 0 aliphatic carbocycles. The van der Waals surface area contributed by atoms with E-state index in [1.54, 1.807) is 29.4 Å². The van der Waals surface area contributed by atoms with Crippen LogP contribution >= 0.6 is 12.2 Å². The van der Waals surface area contributed by atoms with Gasteiger partial charge < -0.3 is 14.4 Å². The normalized spacial score (nSPS) is 18.6. The monoisotopic (exact) mass is 490 g/mol. The molecule has 2 fully saturated rings. The minimum atomic E-state index is -0.792. The fraction of sp³-hybridized carbons (Fsp3) is 0.391. The summed E-state index contributed by atoms with van der Waals surface area (Å²) in [6, 6.07) is 5.77. The summed E-state index contributed by atoms with van der Waals surface area (Å²) in [7, 11) is 0. The molecule has 2 saturated heterocycles. The van der Waals surface area contributed by atoms with Crippen molar-refractivity contribution in [3.8, 4) is 0 Å². The number of rotatable bonds is 6. The predicted octanol–water partition coefficient (Wildman–Crippen LogP) is 3.48. The Hall–Kier alpha value is -3.18. The number of carbonyl (C=O) groups is 2. The number of nitrogens with zero attached hydrogens (tertiary/aromatic N) is 4. The largest absolute Gasteiger partial charge is 0.444 e. The van der Waals surface area contributed by atoms with Crippen molar-refractivity contribution in [2.24, 2.45) is 0 Å². The minimum Gasteiger partial charge on any atom is -0.444 e. The SMILES string of the molecule is CC(=O)CC[C@H]1CN(c2cc(F)c(N3CCON(C(=S)c4ccncc4)CC3)c(F)c2)C(=O)O1. The second-order valence-electron chi connectivity index (χ2n) is 8.08. The maximum Gasteiger partial charge on any atom is 0.414 e. The molecule has 0 spiro atoms. The zero-order valence-corrected chi connectivity index (χ0v) is 19.4. The van der Waals surface area contributed by atoms with E-state index in [1.165, 1.54) is 16.9 Å². The molecule has 0 unspecified atom stereocenters. The Kier molecular flexibility index (Phi) is 7.32. The van der Waals surface area contributed by atoms with Crippen molar-refractivity contribution in [3.63, 3.8) is 0 Å². The molecule has 34 heavy (non-hydrogen) atoms. The zero-order chi connectivity index (χ0) is 24.2. The topological polar surface area (TPSA) is 75.2 Å². The molecule has 2 aliphatic heterocycles. The van der Waals surface area contributed by atoms with Crippen LogP contribution in [-0.4, -0.2) is 65.8 Å². The summed E-state index contributed by atoms with van der Waals surface area (Å²) in [5, 5.41) is 1.54. The van der Waals surface area contributed by atoms with Gasteiger partial charge in [-0.1, -0.05) is 12.2 Å². The van der Waals surface area contributed by atoms with Crippen LogP contribution in [0, 0.1) is 11.6 Å². The minimum absolute atomic E-state index is 0.0162. The lowest BCUT2D eigenvalue weighted by Crippen LogP contribution is -2.34. The number of aromatic nitrogens is 1. The Balaban J connectivity index is 1.45. The summed E-state index contributed by atoms with van der Waals surface area (Å²) in [6.07, 6.45) is 2.70. The average molecular weight is 491 g/mol. The van der Waals surface area contributed by atoms with Crippen molar-refractivity contribution in [1.29, 1.82) is 0 Å². The van der Waals surface area contributed by atoms with Crippen LogP contribution in [0.5, 0.6) is 0 Å². The Morgan fingerprint density at radius 3 is 2.56 bits per heavy atom. The number of cyclic esters (lactones) is 1. The van der Waals surface area contributed by atoms with E-state index in [-0.39, 0.29) is 49.8 Å². The first-order valence-electron chi connectivity index (χ1n) is 10.9. The van der Waals surface area contributed by atoms with Crippen LogP contribution < -0.4 is 9.80 Å². The van der Waals surface area contributed by atoms with E-state index in [1.807, 2.05) is 0 Å². The van der Waals surface area contributed by atoms with Gasteiger partial charge in [0, 0.05) is 49.6 Å². The van der Waals surface area contributed by atoms with E-state index in [0.717, 1.165) is 17.7 Å². The molecule has 1 atom stereocenters. The molecule has 3 heterocycles. The van der Waals surface area contributed by atoms with Crippen molar-refractivity contribution < 1.29 is 27.9 Å². The summed E-state index contributed by atoms with van der Waals surface area (Å²) in [6.45, 7) is 2.60. The molecule has 2 aromatic rings. The van der Waals surface area contributed by atoms with Crippen LogP contribution in [0.3, 0.4) is 0 Å².